The highest BCUT2D eigenvalue weighted by Gasteiger charge is 2.14. The smallest absolute Gasteiger partial charge is 0.246 e. The highest BCUT2D eigenvalue weighted by atomic mass is 16.5. The van der Waals surface area contributed by atoms with Crippen LogP contribution in [0.3, 0.4) is 0 Å². The molecule has 2 rings (SSSR count). The fourth-order valence-electron chi connectivity index (χ4n) is 2.51. The lowest BCUT2D eigenvalue weighted by Gasteiger charge is -2.22. The van der Waals surface area contributed by atoms with E-state index in [9.17, 15) is 4.79 Å². The van der Waals surface area contributed by atoms with Gasteiger partial charge >= 0.3 is 0 Å². The van der Waals surface area contributed by atoms with Gasteiger partial charge in [0.25, 0.3) is 0 Å². The molecule has 1 N–H and O–H groups in total. The first kappa shape index (κ1) is 17.7. The summed E-state index contributed by atoms with van der Waals surface area (Å²) in [5.41, 5.74) is 2.79. The Morgan fingerprint density at radius 1 is 1.12 bits per heavy atom. The van der Waals surface area contributed by atoms with Crippen molar-refractivity contribution in [2.24, 2.45) is 0 Å². The molecule has 0 aromatic heterocycles. The summed E-state index contributed by atoms with van der Waals surface area (Å²) in [7, 11) is 3.19. The number of amides is 1. The maximum Gasteiger partial charge on any atom is 0.246 e. The van der Waals surface area contributed by atoms with E-state index in [1.54, 1.807) is 25.2 Å². The zero-order valence-electron chi connectivity index (χ0n) is 14.6. The van der Waals surface area contributed by atoms with Crippen LogP contribution in [0, 0.1) is 6.92 Å². The van der Waals surface area contributed by atoms with Crippen LogP contribution in [0.15, 0.2) is 42.5 Å². The van der Waals surface area contributed by atoms with E-state index in [0.717, 1.165) is 16.9 Å². The number of ether oxygens (including phenoxy) is 2. The maximum absolute atomic E-state index is 12.6. The van der Waals surface area contributed by atoms with Crippen LogP contribution in [0.1, 0.15) is 12.5 Å². The van der Waals surface area contributed by atoms with Crippen molar-refractivity contribution in [3.63, 3.8) is 0 Å². The number of methoxy groups -OCH3 is 2. The largest absolute Gasteiger partial charge is 0.497 e. The second-order valence-electron chi connectivity index (χ2n) is 5.40. The number of anilines is 2. The van der Waals surface area contributed by atoms with Crippen LogP contribution in [-0.4, -0.2) is 33.2 Å². The van der Waals surface area contributed by atoms with E-state index in [-0.39, 0.29) is 12.5 Å². The van der Waals surface area contributed by atoms with E-state index in [1.807, 2.05) is 50.2 Å². The summed E-state index contributed by atoms with van der Waals surface area (Å²) in [5.74, 6) is 1.35. The lowest BCUT2D eigenvalue weighted by Crippen LogP contribution is -2.35. The first-order valence-corrected chi connectivity index (χ1v) is 7.92. The fourth-order valence-corrected chi connectivity index (χ4v) is 2.51. The van der Waals surface area contributed by atoms with Crippen molar-refractivity contribution >= 4 is 17.3 Å². The fraction of sp³-hybridized carbons (Fsp3) is 0.316. The third-order valence-electron chi connectivity index (χ3n) is 3.77. The molecule has 1 amide bonds. The molecule has 0 spiro atoms. The molecule has 0 saturated carbocycles. The number of hydrogen-bond donors (Lipinski definition) is 1. The van der Waals surface area contributed by atoms with Crippen molar-refractivity contribution in [2.75, 3.05) is 37.5 Å². The standard InChI is InChI=1S/C19H24N2O3/c1-5-21(15-8-6-7-14(2)11-15)19(22)13-20-17-10-9-16(23-3)12-18(17)24-4/h6-12,20H,5,13H2,1-4H3. The molecule has 0 aliphatic carbocycles. The van der Waals surface area contributed by atoms with Crippen LogP contribution in [-0.2, 0) is 4.79 Å². The summed E-state index contributed by atoms with van der Waals surface area (Å²) in [4.78, 5) is 14.3. The van der Waals surface area contributed by atoms with E-state index in [4.69, 9.17) is 9.47 Å². The Balaban J connectivity index is 2.09. The first-order chi connectivity index (χ1) is 11.6. The molecule has 0 bridgehead atoms. The van der Waals surface area contributed by atoms with Crippen LogP contribution in [0.2, 0.25) is 0 Å². The number of aryl methyl sites for hydroxylation is 1. The number of carbonyl (C=O) groups excluding carboxylic acids is 1. The summed E-state index contributed by atoms with van der Waals surface area (Å²) >= 11 is 0. The van der Waals surface area contributed by atoms with Crippen LogP contribution in [0.4, 0.5) is 11.4 Å². The minimum atomic E-state index is 0.000899. The third kappa shape index (κ3) is 4.19. The van der Waals surface area contributed by atoms with Crippen molar-refractivity contribution in [1.82, 2.24) is 0 Å². The molecule has 0 aliphatic heterocycles. The molecular formula is C19H24N2O3. The van der Waals surface area contributed by atoms with E-state index < -0.39 is 0 Å². The molecule has 0 fully saturated rings. The Hall–Kier alpha value is -2.69. The summed E-state index contributed by atoms with van der Waals surface area (Å²) in [6.07, 6.45) is 0. The van der Waals surface area contributed by atoms with Gasteiger partial charge in [0.1, 0.15) is 11.5 Å². The SMILES string of the molecule is CCN(C(=O)CNc1ccc(OC)cc1OC)c1cccc(C)c1. The van der Waals surface area contributed by atoms with Gasteiger partial charge in [-0.2, -0.15) is 0 Å². The Morgan fingerprint density at radius 2 is 1.92 bits per heavy atom. The van der Waals surface area contributed by atoms with Crippen LogP contribution in [0.25, 0.3) is 0 Å². The summed E-state index contributed by atoms with van der Waals surface area (Å²) < 4.78 is 10.5. The lowest BCUT2D eigenvalue weighted by atomic mass is 10.2. The highest BCUT2D eigenvalue weighted by Crippen LogP contribution is 2.29. The average Bonchev–Trinajstić information content (AvgIpc) is 2.60. The van der Waals surface area contributed by atoms with Gasteiger partial charge < -0.3 is 19.7 Å². The first-order valence-electron chi connectivity index (χ1n) is 7.92. The molecule has 2 aromatic rings. The van der Waals surface area contributed by atoms with Crippen molar-refractivity contribution in [3.8, 4) is 11.5 Å². The molecule has 0 heterocycles. The van der Waals surface area contributed by atoms with E-state index in [1.165, 1.54) is 0 Å². The van der Waals surface area contributed by atoms with Crippen LogP contribution >= 0.6 is 0 Å². The van der Waals surface area contributed by atoms with Gasteiger partial charge in [-0.3, -0.25) is 4.79 Å². The average molecular weight is 328 g/mol. The van der Waals surface area contributed by atoms with Gasteiger partial charge in [0.2, 0.25) is 5.91 Å². The number of hydrogen-bond acceptors (Lipinski definition) is 4. The molecule has 2 aromatic carbocycles. The van der Waals surface area contributed by atoms with Crippen LogP contribution in [0.5, 0.6) is 11.5 Å². The minimum absolute atomic E-state index is 0.000899. The molecule has 24 heavy (non-hydrogen) atoms. The Bertz CT molecular complexity index is 701. The maximum atomic E-state index is 12.6. The van der Waals surface area contributed by atoms with E-state index >= 15 is 0 Å². The second-order valence-corrected chi connectivity index (χ2v) is 5.40. The number of benzene rings is 2. The van der Waals surface area contributed by atoms with Crippen molar-refractivity contribution in [2.45, 2.75) is 13.8 Å². The molecule has 0 aliphatic rings. The van der Waals surface area contributed by atoms with Gasteiger partial charge in [-0.05, 0) is 43.7 Å². The zero-order chi connectivity index (χ0) is 17.5. The Morgan fingerprint density at radius 3 is 2.54 bits per heavy atom. The van der Waals surface area contributed by atoms with Gasteiger partial charge in [-0.15, -0.1) is 0 Å². The molecule has 128 valence electrons. The predicted molar refractivity (Wildman–Crippen MR) is 97.2 cm³/mol. The van der Waals surface area contributed by atoms with Gasteiger partial charge in [0, 0.05) is 18.3 Å². The van der Waals surface area contributed by atoms with E-state index in [0.29, 0.717) is 18.0 Å². The molecule has 0 unspecified atom stereocenters. The molecular weight excluding hydrogens is 304 g/mol. The van der Waals surface area contributed by atoms with Crippen molar-refractivity contribution < 1.29 is 14.3 Å². The molecule has 5 heteroatoms. The van der Waals surface area contributed by atoms with Gasteiger partial charge in [0.05, 0.1) is 26.5 Å². The normalized spacial score (nSPS) is 10.2. The summed E-state index contributed by atoms with van der Waals surface area (Å²) in [6.45, 7) is 4.78. The quantitative estimate of drug-likeness (QED) is 0.845. The second kappa shape index (κ2) is 8.24. The number of carbonyl (C=O) groups is 1. The van der Waals surface area contributed by atoms with Gasteiger partial charge in [-0.1, -0.05) is 12.1 Å². The third-order valence-corrected chi connectivity index (χ3v) is 3.77. The minimum Gasteiger partial charge on any atom is -0.497 e. The van der Waals surface area contributed by atoms with Crippen LogP contribution < -0.4 is 19.7 Å². The predicted octanol–water partition coefficient (Wildman–Crippen LogP) is 3.48. The highest BCUT2D eigenvalue weighted by molar-refractivity contribution is 5.96. The molecule has 0 radical (unpaired) electrons. The van der Waals surface area contributed by atoms with Crippen molar-refractivity contribution in [3.05, 3.63) is 48.0 Å². The number of likely N-dealkylation sites (N-methyl/N-ethyl adjacent to an activating group) is 1. The van der Waals surface area contributed by atoms with Gasteiger partial charge in [0.15, 0.2) is 0 Å². The Kier molecular flexibility index (Phi) is 6.07. The number of rotatable bonds is 7. The summed E-state index contributed by atoms with van der Waals surface area (Å²) in [6, 6.07) is 13.4. The zero-order valence-corrected chi connectivity index (χ0v) is 14.6. The molecule has 0 atom stereocenters. The number of nitrogens with one attached hydrogen (secondary N) is 1. The molecule has 5 nitrogen and oxygen atoms in total. The lowest BCUT2D eigenvalue weighted by molar-refractivity contribution is -0.116. The molecule has 0 saturated heterocycles. The summed E-state index contributed by atoms with van der Waals surface area (Å²) in [5, 5.41) is 3.14. The Labute approximate surface area is 143 Å². The van der Waals surface area contributed by atoms with Crippen molar-refractivity contribution in [1.29, 1.82) is 0 Å². The number of nitrogens with zero attached hydrogens (tertiary/aromatic N) is 1. The topological polar surface area (TPSA) is 50.8 Å². The van der Waals surface area contributed by atoms with Gasteiger partial charge in [-0.25, -0.2) is 0 Å². The monoisotopic (exact) mass is 328 g/mol. The van der Waals surface area contributed by atoms with E-state index in [2.05, 4.69) is 5.32 Å².